The molecule has 126 valence electrons. The normalized spacial score (nSPS) is 14.3. The van der Waals surface area contributed by atoms with Gasteiger partial charge in [-0.25, -0.2) is 0 Å². The lowest BCUT2D eigenvalue weighted by molar-refractivity contribution is -0.131. The summed E-state index contributed by atoms with van der Waals surface area (Å²) in [4.78, 5) is 25.3. The van der Waals surface area contributed by atoms with Crippen molar-refractivity contribution in [3.63, 3.8) is 0 Å². The summed E-state index contributed by atoms with van der Waals surface area (Å²) < 4.78 is 0. The third-order valence-corrected chi connectivity index (χ3v) is 4.35. The molecule has 1 aliphatic carbocycles. The predicted octanol–water partition coefficient (Wildman–Crippen LogP) is 3.53. The first-order chi connectivity index (χ1) is 11.9. The molecule has 25 heavy (non-hydrogen) atoms. The van der Waals surface area contributed by atoms with Gasteiger partial charge in [-0.2, -0.15) is 5.26 Å². The van der Waals surface area contributed by atoms with E-state index in [1.807, 2.05) is 38.1 Å². The van der Waals surface area contributed by atoms with Crippen molar-refractivity contribution in [1.82, 2.24) is 0 Å². The highest BCUT2D eigenvalue weighted by atomic mass is 16.2. The molecule has 0 heterocycles. The maximum absolute atomic E-state index is 12.6. The highest BCUT2D eigenvalue weighted by molar-refractivity contribution is 6.16. The fourth-order valence-corrected chi connectivity index (χ4v) is 2.90. The Bertz CT molecular complexity index is 872. The van der Waals surface area contributed by atoms with Crippen LogP contribution in [0.15, 0.2) is 42.5 Å². The molecule has 2 amide bonds. The molecule has 0 spiro atoms. The number of carbonyl (C=O) groups is 2. The Morgan fingerprint density at radius 1 is 0.960 bits per heavy atom. The van der Waals surface area contributed by atoms with Crippen LogP contribution in [-0.2, 0) is 9.59 Å². The minimum Gasteiger partial charge on any atom is -0.325 e. The average Bonchev–Trinajstić information content (AvgIpc) is 3.36. The summed E-state index contributed by atoms with van der Waals surface area (Å²) in [6.07, 6.45) is 1.04. The van der Waals surface area contributed by atoms with E-state index >= 15 is 0 Å². The summed E-state index contributed by atoms with van der Waals surface area (Å²) in [5, 5.41) is 14.6. The smallest absolute Gasteiger partial charge is 0.240 e. The lowest BCUT2D eigenvalue weighted by atomic mass is 10.0. The van der Waals surface area contributed by atoms with Gasteiger partial charge in [0.2, 0.25) is 11.8 Å². The summed E-state index contributed by atoms with van der Waals surface area (Å²) in [5.41, 5.74) is 2.76. The maximum Gasteiger partial charge on any atom is 0.240 e. The van der Waals surface area contributed by atoms with Gasteiger partial charge >= 0.3 is 0 Å². The highest BCUT2D eigenvalue weighted by Crippen LogP contribution is 2.47. The zero-order valence-corrected chi connectivity index (χ0v) is 14.2. The number of anilines is 2. The number of hydrogen-bond donors (Lipinski definition) is 2. The van der Waals surface area contributed by atoms with Crippen molar-refractivity contribution in [3.05, 3.63) is 59.2 Å². The number of amides is 2. The zero-order chi connectivity index (χ0) is 18.0. The van der Waals surface area contributed by atoms with E-state index in [1.165, 1.54) is 0 Å². The molecule has 0 unspecified atom stereocenters. The summed E-state index contributed by atoms with van der Waals surface area (Å²) in [7, 11) is 0. The number of nitriles is 1. The molecule has 0 bridgehead atoms. The zero-order valence-electron chi connectivity index (χ0n) is 14.2. The van der Waals surface area contributed by atoms with Crippen molar-refractivity contribution in [2.75, 3.05) is 10.6 Å². The Balaban J connectivity index is 1.73. The van der Waals surface area contributed by atoms with Gasteiger partial charge in [-0.05, 0) is 68.1 Å². The van der Waals surface area contributed by atoms with E-state index in [1.54, 1.807) is 24.3 Å². The van der Waals surface area contributed by atoms with E-state index in [0.29, 0.717) is 29.8 Å². The van der Waals surface area contributed by atoms with Crippen LogP contribution in [0.1, 0.15) is 29.5 Å². The molecule has 0 aliphatic heterocycles. The van der Waals surface area contributed by atoms with E-state index in [2.05, 4.69) is 10.6 Å². The lowest BCUT2D eigenvalue weighted by Gasteiger charge is -2.16. The van der Waals surface area contributed by atoms with Gasteiger partial charge in [0.15, 0.2) is 0 Å². The third kappa shape index (κ3) is 3.53. The van der Waals surface area contributed by atoms with Crippen LogP contribution >= 0.6 is 0 Å². The Labute approximate surface area is 146 Å². The molecular formula is C20H19N3O2. The molecule has 0 radical (unpaired) electrons. The minimum atomic E-state index is -1.03. The largest absolute Gasteiger partial charge is 0.325 e. The Hall–Kier alpha value is -3.13. The van der Waals surface area contributed by atoms with Crippen molar-refractivity contribution in [2.45, 2.75) is 26.7 Å². The van der Waals surface area contributed by atoms with Gasteiger partial charge in [-0.1, -0.05) is 12.1 Å². The molecule has 2 N–H and O–H groups in total. The van der Waals surface area contributed by atoms with Gasteiger partial charge in [0, 0.05) is 11.4 Å². The molecule has 0 aromatic heterocycles. The lowest BCUT2D eigenvalue weighted by Crippen LogP contribution is -2.35. The van der Waals surface area contributed by atoms with Crippen LogP contribution in [0.25, 0.3) is 0 Å². The Morgan fingerprint density at radius 2 is 1.56 bits per heavy atom. The van der Waals surface area contributed by atoms with Crippen molar-refractivity contribution in [1.29, 1.82) is 5.26 Å². The van der Waals surface area contributed by atoms with E-state index < -0.39 is 5.41 Å². The van der Waals surface area contributed by atoms with Gasteiger partial charge in [-0.15, -0.1) is 0 Å². The summed E-state index contributed by atoms with van der Waals surface area (Å²) in [5.74, 6) is -0.615. The minimum absolute atomic E-state index is 0.286. The molecule has 5 nitrogen and oxygen atoms in total. The monoisotopic (exact) mass is 333 g/mol. The van der Waals surface area contributed by atoms with Crippen molar-refractivity contribution >= 4 is 23.2 Å². The number of benzene rings is 2. The fourth-order valence-electron chi connectivity index (χ4n) is 2.90. The van der Waals surface area contributed by atoms with E-state index in [4.69, 9.17) is 5.26 Å². The molecule has 0 atom stereocenters. The molecule has 1 saturated carbocycles. The number of carbonyl (C=O) groups excluding carboxylic acids is 2. The molecule has 5 heteroatoms. The van der Waals surface area contributed by atoms with Gasteiger partial charge in [0.05, 0.1) is 11.6 Å². The molecule has 1 fully saturated rings. The standard InChI is InChI=1S/C20H19N3O2/c1-13-8-14(2)10-17(9-13)23-19(25)20(6-7-20)18(24)22-16-5-3-4-15(11-16)12-21/h3-5,8-11H,6-7H2,1-2H3,(H,22,24)(H,23,25). The number of nitrogens with zero attached hydrogens (tertiary/aromatic N) is 1. The summed E-state index contributed by atoms with van der Waals surface area (Å²) in [6, 6.07) is 14.5. The second kappa shape index (κ2) is 6.40. The quantitative estimate of drug-likeness (QED) is 0.840. The first kappa shape index (κ1) is 16.7. The number of hydrogen-bond acceptors (Lipinski definition) is 3. The maximum atomic E-state index is 12.6. The molecule has 0 saturated heterocycles. The highest BCUT2D eigenvalue weighted by Gasteiger charge is 2.56. The van der Waals surface area contributed by atoms with Crippen molar-refractivity contribution in [2.24, 2.45) is 5.41 Å². The first-order valence-corrected chi connectivity index (χ1v) is 8.14. The van der Waals surface area contributed by atoms with E-state index in [-0.39, 0.29) is 11.8 Å². The van der Waals surface area contributed by atoms with Crippen LogP contribution in [0.5, 0.6) is 0 Å². The topological polar surface area (TPSA) is 82.0 Å². The number of nitrogens with one attached hydrogen (secondary N) is 2. The van der Waals surface area contributed by atoms with Crippen LogP contribution < -0.4 is 10.6 Å². The molecule has 1 aliphatic rings. The SMILES string of the molecule is Cc1cc(C)cc(NC(=O)C2(C(=O)Nc3cccc(C#N)c3)CC2)c1. The number of rotatable bonds is 4. The molecule has 2 aromatic rings. The van der Waals surface area contributed by atoms with Crippen LogP contribution in [0, 0.1) is 30.6 Å². The Morgan fingerprint density at radius 3 is 2.12 bits per heavy atom. The molecule has 3 rings (SSSR count). The number of aryl methyl sites for hydroxylation is 2. The van der Waals surface area contributed by atoms with Crippen LogP contribution in [0.4, 0.5) is 11.4 Å². The van der Waals surface area contributed by atoms with Crippen LogP contribution in [-0.4, -0.2) is 11.8 Å². The third-order valence-electron chi connectivity index (χ3n) is 4.35. The summed E-state index contributed by atoms with van der Waals surface area (Å²) in [6.45, 7) is 3.93. The average molecular weight is 333 g/mol. The second-order valence-corrected chi connectivity index (χ2v) is 6.56. The van der Waals surface area contributed by atoms with E-state index in [9.17, 15) is 9.59 Å². The van der Waals surface area contributed by atoms with Gasteiger partial charge < -0.3 is 10.6 Å². The Kier molecular flexibility index (Phi) is 4.28. The molecular weight excluding hydrogens is 314 g/mol. The predicted molar refractivity (Wildman–Crippen MR) is 96.0 cm³/mol. The first-order valence-electron chi connectivity index (χ1n) is 8.14. The van der Waals surface area contributed by atoms with Crippen LogP contribution in [0.3, 0.4) is 0 Å². The molecule has 2 aromatic carbocycles. The summed E-state index contributed by atoms with van der Waals surface area (Å²) >= 11 is 0. The van der Waals surface area contributed by atoms with Gasteiger partial charge in [0.25, 0.3) is 0 Å². The van der Waals surface area contributed by atoms with Gasteiger partial charge in [0.1, 0.15) is 5.41 Å². The van der Waals surface area contributed by atoms with Gasteiger partial charge in [-0.3, -0.25) is 9.59 Å². The van der Waals surface area contributed by atoms with Crippen LogP contribution in [0.2, 0.25) is 0 Å². The van der Waals surface area contributed by atoms with Crippen molar-refractivity contribution < 1.29 is 9.59 Å². The fraction of sp³-hybridized carbons (Fsp3) is 0.250. The second-order valence-electron chi connectivity index (χ2n) is 6.56. The van der Waals surface area contributed by atoms with E-state index in [0.717, 1.165) is 11.1 Å². The van der Waals surface area contributed by atoms with Crippen molar-refractivity contribution in [3.8, 4) is 6.07 Å².